The highest BCUT2D eigenvalue weighted by Crippen LogP contribution is 2.26. The van der Waals surface area contributed by atoms with Crippen molar-refractivity contribution in [3.8, 4) is 5.75 Å². The molecule has 2 N–H and O–H groups in total. The summed E-state index contributed by atoms with van der Waals surface area (Å²) in [6, 6.07) is 14.5. The lowest BCUT2D eigenvalue weighted by molar-refractivity contribution is -0.120. The van der Waals surface area contributed by atoms with E-state index in [4.69, 9.17) is 4.74 Å². The molecule has 0 radical (unpaired) electrons. The Balaban J connectivity index is 1.42. The SMILES string of the molecule is COc1ccc(NC(=O)c2ccc(F)cc2NC(=O)C2CCN(c3ccncc3)CC2)cc1. The Hall–Kier alpha value is -3.94. The van der Waals surface area contributed by atoms with E-state index in [-0.39, 0.29) is 23.1 Å². The third-order valence-corrected chi connectivity index (χ3v) is 5.73. The number of methoxy groups -OCH3 is 1. The lowest BCUT2D eigenvalue weighted by Crippen LogP contribution is -2.38. The quantitative estimate of drug-likeness (QED) is 0.586. The molecule has 1 aliphatic heterocycles. The molecule has 1 saturated heterocycles. The molecule has 0 atom stereocenters. The maximum absolute atomic E-state index is 13.9. The third-order valence-electron chi connectivity index (χ3n) is 5.73. The molecule has 1 aliphatic rings. The number of carbonyl (C=O) groups is 2. The van der Waals surface area contributed by atoms with E-state index >= 15 is 0 Å². The summed E-state index contributed by atoms with van der Waals surface area (Å²) in [5.41, 5.74) is 1.98. The van der Waals surface area contributed by atoms with Crippen LogP contribution in [0.25, 0.3) is 0 Å². The van der Waals surface area contributed by atoms with Gasteiger partial charge in [-0.25, -0.2) is 4.39 Å². The Bertz CT molecular complexity index is 1110. The van der Waals surface area contributed by atoms with Crippen LogP contribution in [0.2, 0.25) is 0 Å². The van der Waals surface area contributed by atoms with E-state index < -0.39 is 11.7 Å². The molecule has 0 saturated carbocycles. The lowest BCUT2D eigenvalue weighted by Gasteiger charge is -2.33. The monoisotopic (exact) mass is 448 g/mol. The van der Waals surface area contributed by atoms with Crippen LogP contribution in [0.3, 0.4) is 0 Å². The number of anilines is 3. The van der Waals surface area contributed by atoms with Crippen LogP contribution in [0.4, 0.5) is 21.5 Å². The minimum Gasteiger partial charge on any atom is -0.497 e. The van der Waals surface area contributed by atoms with Gasteiger partial charge in [-0.05, 0) is 67.4 Å². The molecule has 0 unspecified atom stereocenters. The standard InChI is InChI=1S/C25H25FN4O3/c1-33-21-5-3-19(4-6-21)28-25(32)22-7-2-18(26)16-23(22)29-24(31)17-10-14-30(15-11-17)20-8-12-27-13-9-20/h2-9,12-13,16-17H,10-11,14-15H2,1H3,(H,28,32)(H,29,31). The molecular weight excluding hydrogens is 423 g/mol. The van der Waals surface area contributed by atoms with Gasteiger partial charge in [-0.15, -0.1) is 0 Å². The van der Waals surface area contributed by atoms with Gasteiger partial charge in [0.1, 0.15) is 11.6 Å². The molecule has 2 aromatic carbocycles. The number of rotatable bonds is 6. The number of aromatic nitrogens is 1. The third kappa shape index (κ3) is 5.46. The molecular formula is C25H25FN4O3. The van der Waals surface area contributed by atoms with Crippen molar-refractivity contribution in [1.82, 2.24) is 4.98 Å². The minimum atomic E-state index is -0.529. The topological polar surface area (TPSA) is 83.6 Å². The van der Waals surface area contributed by atoms with Gasteiger partial charge in [0, 0.05) is 42.8 Å². The van der Waals surface area contributed by atoms with E-state index in [1.54, 1.807) is 43.8 Å². The maximum Gasteiger partial charge on any atom is 0.257 e. The Morgan fingerprint density at radius 3 is 2.36 bits per heavy atom. The van der Waals surface area contributed by atoms with Crippen LogP contribution in [-0.4, -0.2) is 37.0 Å². The van der Waals surface area contributed by atoms with E-state index in [1.165, 1.54) is 18.2 Å². The summed E-state index contributed by atoms with van der Waals surface area (Å²) >= 11 is 0. The van der Waals surface area contributed by atoms with Crippen LogP contribution in [0, 0.1) is 11.7 Å². The van der Waals surface area contributed by atoms with Gasteiger partial charge in [0.2, 0.25) is 5.91 Å². The lowest BCUT2D eigenvalue weighted by atomic mass is 9.95. The molecule has 0 bridgehead atoms. The second-order valence-corrected chi connectivity index (χ2v) is 7.83. The van der Waals surface area contributed by atoms with Gasteiger partial charge >= 0.3 is 0 Å². The van der Waals surface area contributed by atoms with E-state index in [0.717, 1.165) is 18.8 Å². The van der Waals surface area contributed by atoms with Crippen LogP contribution < -0.4 is 20.3 Å². The molecule has 0 spiro atoms. The minimum absolute atomic E-state index is 0.155. The average Bonchev–Trinajstić information content (AvgIpc) is 2.85. The number of nitrogens with zero attached hydrogens (tertiary/aromatic N) is 2. The average molecular weight is 448 g/mol. The van der Waals surface area contributed by atoms with Crippen molar-refractivity contribution in [3.05, 3.63) is 78.4 Å². The molecule has 1 aromatic heterocycles. The van der Waals surface area contributed by atoms with Crippen molar-refractivity contribution in [3.63, 3.8) is 0 Å². The van der Waals surface area contributed by atoms with Crippen molar-refractivity contribution >= 4 is 28.9 Å². The smallest absolute Gasteiger partial charge is 0.257 e. The van der Waals surface area contributed by atoms with Gasteiger partial charge in [0.15, 0.2) is 0 Å². The molecule has 7 nitrogen and oxygen atoms in total. The number of pyridine rings is 1. The first kappa shape index (κ1) is 22.3. The Morgan fingerprint density at radius 2 is 1.70 bits per heavy atom. The van der Waals surface area contributed by atoms with Crippen LogP contribution in [0.5, 0.6) is 5.75 Å². The zero-order valence-electron chi connectivity index (χ0n) is 18.3. The van der Waals surface area contributed by atoms with Gasteiger partial charge in [-0.1, -0.05) is 0 Å². The van der Waals surface area contributed by atoms with Gasteiger partial charge in [-0.3, -0.25) is 14.6 Å². The van der Waals surface area contributed by atoms with Crippen LogP contribution in [0.1, 0.15) is 23.2 Å². The Labute approximate surface area is 191 Å². The van der Waals surface area contributed by atoms with Crippen molar-refractivity contribution in [1.29, 1.82) is 0 Å². The predicted molar refractivity (Wildman–Crippen MR) is 125 cm³/mol. The van der Waals surface area contributed by atoms with Crippen molar-refractivity contribution in [2.75, 3.05) is 35.7 Å². The van der Waals surface area contributed by atoms with Crippen molar-refractivity contribution < 1.29 is 18.7 Å². The number of halogens is 1. The fourth-order valence-electron chi connectivity index (χ4n) is 3.88. The van der Waals surface area contributed by atoms with Gasteiger partial charge < -0.3 is 20.3 Å². The number of hydrogen-bond donors (Lipinski definition) is 2. The summed E-state index contributed by atoms with van der Waals surface area (Å²) in [4.78, 5) is 32.0. The van der Waals surface area contributed by atoms with E-state index in [2.05, 4.69) is 20.5 Å². The largest absolute Gasteiger partial charge is 0.497 e. The fraction of sp³-hybridized carbons (Fsp3) is 0.240. The summed E-state index contributed by atoms with van der Waals surface area (Å²) in [5, 5.41) is 5.54. The highest BCUT2D eigenvalue weighted by atomic mass is 19.1. The number of hydrogen-bond acceptors (Lipinski definition) is 5. The molecule has 2 amide bonds. The van der Waals surface area contributed by atoms with Crippen LogP contribution in [-0.2, 0) is 4.79 Å². The van der Waals surface area contributed by atoms with Gasteiger partial charge in [0.05, 0.1) is 18.4 Å². The summed E-state index contributed by atoms with van der Waals surface area (Å²) < 4.78 is 19.1. The van der Waals surface area contributed by atoms with Gasteiger partial charge in [0.25, 0.3) is 5.91 Å². The second kappa shape index (κ2) is 10.1. The first-order chi connectivity index (χ1) is 16.0. The van der Waals surface area contributed by atoms with Crippen LogP contribution in [0.15, 0.2) is 67.0 Å². The zero-order chi connectivity index (χ0) is 23.2. The highest BCUT2D eigenvalue weighted by molar-refractivity contribution is 6.10. The first-order valence-corrected chi connectivity index (χ1v) is 10.7. The number of benzene rings is 2. The Morgan fingerprint density at radius 1 is 1.00 bits per heavy atom. The van der Waals surface area contributed by atoms with Crippen molar-refractivity contribution in [2.45, 2.75) is 12.8 Å². The van der Waals surface area contributed by atoms with E-state index in [0.29, 0.717) is 24.3 Å². The Kier molecular flexibility index (Phi) is 6.83. The fourth-order valence-corrected chi connectivity index (χ4v) is 3.88. The summed E-state index contributed by atoms with van der Waals surface area (Å²) in [5.74, 6) is -0.739. The van der Waals surface area contributed by atoms with Crippen molar-refractivity contribution in [2.24, 2.45) is 5.92 Å². The molecule has 1 fully saturated rings. The number of carbonyl (C=O) groups excluding carboxylic acids is 2. The predicted octanol–water partition coefficient (Wildman–Crippen LogP) is 4.34. The zero-order valence-corrected chi connectivity index (χ0v) is 18.3. The summed E-state index contributed by atoms with van der Waals surface area (Å²) in [6.07, 6.45) is 4.82. The molecule has 170 valence electrons. The number of piperidine rings is 1. The summed E-state index contributed by atoms with van der Waals surface area (Å²) in [7, 11) is 1.56. The van der Waals surface area contributed by atoms with Gasteiger partial charge in [-0.2, -0.15) is 0 Å². The number of amides is 2. The molecule has 8 heteroatoms. The number of nitrogens with one attached hydrogen (secondary N) is 2. The maximum atomic E-state index is 13.9. The highest BCUT2D eigenvalue weighted by Gasteiger charge is 2.26. The normalized spacial score (nSPS) is 13.9. The van der Waals surface area contributed by atoms with Crippen LogP contribution >= 0.6 is 0 Å². The molecule has 4 rings (SSSR count). The van der Waals surface area contributed by atoms with E-state index in [1.807, 2.05) is 12.1 Å². The molecule has 2 heterocycles. The molecule has 3 aromatic rings. The van der Waals surface area contributed by atoms with E-state index in [9.17, 15) is 14.0 Å². The number of ether oxygens (including phenoxy) is 1. The second-order valence-electron chi connectivity index (χ2n) is 7.83. The first-order valence-electron chi connectivity index (χ1n) is 10.7. The molecule has 0 aliphatic carbocycles. The molecule has 33 heavy (non-hydrogen) atoms. The summed E-state index contributed by atoms with van der Waals surface area (Å²) in [6.45, 7) is 1.46.